The van der Waals surface area contributed by atoms with Gasteiger partial charge in [-0.15, -0.1) is 0 Å². The molecular formula is C17H21N3O2. The van der Waals surface area contributed by atoms with Gasteiger partial charge in [0.05, 0.1) is 19.3 Å². The Morgan fingerprint density at radius 2 is 2.09 bits per heavy atom. The third kappa shape index (κ3) is 3.20. The number of aromatic nitrogens is 2. The summed E-state index contributed by atoms with van der Waals surface area (Å²) >= 11 is 0. The molecule has 1 aliphatic carbocycles. The van der Waals surface area contributed by atoms with Crippen LogP contribution in [0.1, 0.15) is 43.0 Å². The van der Waals surface area contributed by atoms with Gasteiger partial charge in [0, 0.05) is 17.7 Å². The topological polar surface area (TPSA) is 67.3 Å². The molecule has 0 radical (unpaired) electrons. The zero-order chi connectivity index (χ0) is 15.5. The van der Waals surface area contributed by atoms with Crippen LogP contribution in [0, 0.1) is 0 Å². The molecule has 5 heteroatoms. The SMILES string of the molecule is COc1cccc([C@H](C)Nc2cc(C3CC(O)C3)ncn2)c1. The zero-order valence-electron chi connectivity index (χ0n) is 12.9. The van der Waals surface area contributed by atoms with Crippen molar-refractivity contribution >= 4 is 5.82 Å². The first-order valence-corrected chi connectivity index (χ1v) is 7.56. The molecule has 2 N–H and O–H groups in total. The Hall–Kier alpha value is -2.14. The molecule has 2 aromatic rings. The first-order chi connectivity index (χ1) is 10.7. The summed E-state index contributed by atoms with van der Waals surface area (Å²) in [5.74, 6) is 2.00. The number of nitrogens with zero attached hydrogens (tertiary/aromatic N) is 2. The summed E-state index contributed by atoms with van der Waals surface area (Å²) in [6.07, 6.45) is 3.00. The number of aliphatic hydroxyl groups is 1. The second kappa shape index (κ2) is 6.32. The minimum atomic E-state index is -0.174. The number of nitrogens with one attached hydrogen (secondary N) is 1. The third-order valence-electron chi connectivity index (χ3n) is 4.18. The normalized spacial score (nSPS) is 21.8. The van der Waals surface area contributed by atoms with E-state index < -0.39 is 0 Å². The van der Waals surface area contributed by atoms with E-state index in [1.54, 1.807) is 13.4 Å². The molecular weight excluding hydrogens is 278 g/mol. The van der Waals surface area contributed by atoms with Crippen LogP contribution in [0.3, 0.4) is 0 Å². The van der Waals surface area contributed by atoms with Crippen molar-refractivity contribution in [2.75, 3.05) is 12.4 Å². The number of rotatable bonds is 5. The molecule has 22 heavy (non-hydrogen) atoms. The molecule has 3 rings (SSSR count). The third-order valence-corrected chi connectivity index (χ3v) is 4.18. The van der Waals surface area contributed by atoms with Crippen molar-refractivity contribution in [3.05, 3.63) is 47.9 Å². The Balaban J connectivity index is 1.70. The maximum absolute atomic E-state index is 9.42. The maximum atomic E-state index is 9.42. The predicted molar refractivity (Wildman–Crippen MR) is 85.0 cm³/mol. The van der Waals surface area contributed by atoms with E-state index in [0.29, 0.717) is 5.92 Å². The van der Waals surface area contributed by atoms with Crippen molar-refractivity contribution in [2.45, 2.75) is 37.8 Å². The second-order valence-corrected chi connectivity index (χ2v) is 5.79. The van der Waals surface area contributed by atoms with Crippen LogP contribution < -0.4 is 10.1 Å². The highest BCUT2D eigenvalue weighted by atomic mass is 16.5. The Morgan fingerprint density at radius 1 is 1.27 bits per heavy atom. The maximum Gasteiger partial charge on any atom is 0.130 e. The summed E-state index contributed by atoms with van der Waals surface area (Å²) in [6.45, 7) is 2.09. The van der Waals surface area contributed by atoms with E-state index >= 15 is 0 Å². The summed E-state index contributed by atoms with van der Waals surface area (Å²) < 4.78 is 5.26. The number of benzene rings is 1. The molecule has 1 aromatic heterocycles. The molecule has 1 aliphatic rings. The van der Waals surface area contributed by atoms with Crippen LogP contribution in [0.2, 0.25) is 0 Å². The van der Waals surface area contributed by atoms with Gasteiger partial charge in [-0.3, -0.25) is 0 Å². The molecule has 1 atom stereocenters. The van der Waals surface area contributed by atoms with Crippen LogP contribution in [0.5, 0.6) is 5.75 Å². The highest BCUT2D eigenvalue weighted by Gasteiger charge is 2.29. The lowest BCUT2D eigenvalue weighted by Crippen LogP contribution is -2.27. The fourth-order valence-electron chi connectivity index (χ4n) is 2.72. The first-order valence-electron chi connectivity index (χ1n) is 7.56. The van der Waals surface area contributed by atoms with Gasteiger partial charge in [0.25, 0.3) is 0 Å². The lowest BCUT2D eigenvalue weighted by atomic mass is 9.80. The summed E-state index contributed by atoms with van der Waals surface area (Å²) in [5.41, 5.74) is 2.14. The Bertz CT molecular complexity index is 641. The van der Waals surface area contributed by atoms with Gasteiger partial charge in [-0.05, 0) is 37.5 Å². The molecule has 1 fully saturated rings. The quantitative estimate of drug-likeness (QED) is 0.888. The predicted octanol–water partition coefficient (Wildman–Crippen LogP) is 2.90. The van der Waals surface area contributed by atoms with Crippen molar-refractivity contribution in [3.8, 4) is 5.75 Å². The molecule has 0 unspecified atom stereocenters. The molecule has 1 aromatic carbocycles. The molecule has 1 saturated carbocycles. The van der Waals surface area contributed by atoms with Crippen LogP contribution in [0.4, 0.5) is 5.82 Å². The molecule has 0 aliphatic heterocycles. The van der Waals surface area contributed by atoms with Gasteiger partial charge in [0.2, 0.25) is 0 Å². The van der Waals surface area contributed by atoms with E-state index in [-0.39, 0.29) is 12.1 Å². The number of aliphatic hydroxyl groups excluding tert-OH is 1. The van der Waals surface area contributed by atoms with Crippen molar-refractivity contribution in [3.63, 3.8) is 0 Å². The molecule has 5 nitrogen and oxygen atoms in total. The number of hydrogen-bond acceptors (Lipinski definition) is 5. The van der Waals surface area contributed by atoms with E-state index in [9.17, 15) is 5.11 Å². The number of hydrogen-bond donors (Lipinski definition) is 2. The monoisotopic (exact) mass is 299 g/mol. The molecule has 0 saturated heterocycles. The molecule has 116 valence electrons. The molecule has 0 amide bonds. The van der Waals surface area contributed by atoms with Crippen molar-refractivity contribution in [1.82, 2.24) is 9.97 Å². The summed E-state index contributed by atoms with van der Waals surface area (Å²) in [5, 5.41) is 12.8. The molecule has 0 spiro atoms. The minimum absolute atomic E-state index is 0.116. The van der Waals surface area contributed by atoms with E-state index in [2.05, 4.69) is 28.3 Å². The van der Waals surface area contributed by atoms with E-state index in [1.807, 2.05) is 24.3 Å². The van der Waals surface area contributed by atoms with Crippen molar-refractivity contribution in [1.29, 1.82) is 0 Å². The average Bonchev–Trinajstić information content (AvgIpc) is 2.52. The standard InChI is InChI=1S/C17H21N3O2/c1-11(12-4-3-5-15(8-12)22-2)20-17-9-16(18-10-19-17)13-6-14(21)7-13/h3-5,8-11,13-14,21H,6-7H2,1-2H3,(H,18,19,20)/t11-,13?,14?/m0/s1. The molecule has 0 bridgehead atoms. The Kier molecular flexibility index (Phi) is 4.24. The van der Waals surface area contributed by atoms with E-state index in [1.165, 1.54) is 0 Å². The lowest BCUT2D eigenvalue weighted by molar-refractivity contribution is 0.0732. The number of methoxy groups -OCH3 is 1. The van der Waals surface area contributed by atoms with Crippen molar-refractivity contribution < 1.29 is 9.84 Å². The van der Waals surface area contributed by atoms with Crippen LogP contribution in [-0.2, 0) is 0 Å². The highest BCUT2D eigenvalue weighted by molar-refractivity contribution is 5.41. The second-order valence-electron chi connectivity index (χ2n) is 5.79. The van der Waals surface area contributed by atoms with Gasteiger partial charge in [-0.25, -0.2) is 9.97 Å². The highest BCUT2D eigenvalue weighted by Crippen LogP contribution is 2.36. The summed E-state index contributed by atoms with van der Waals surface area (Å²) in [4.78, 5) is 8.61. The summed E-state index contributed by atoms with van der Waals surface area (Å²) in [7, 11) is 1.67. The van der Waals surface area contributed by atoms with E-state index in [4.69, 9.17) is 4.74 Å². The average molecular weight is 299 g/mol. The van der Waals surface area contributed by atoms with E-state index in [0.717, 1.165) is 35.7 Å². The van der Waals surface area contributed by atoms with Gasteiger partial charge in [0.15, 0.2) is 0 Å². The van der Waals surface area contributed by atoms with Crippen LogP contribution >= 0.6 is 0 Å². The largest absolute Gasteiger partial charge is 0.497 e. The van der Waals surface area contributed by atoms with Crippen LogP contribution in [0.15, 0.2) is 36.7 Å². The fraction of sp³-hybridized carbons (Fsp3) is 0.412. The smallest absolute Gasteiger partial charge is 0.130 e. The van der Waals surface area contributed by atoms with Crippen LogP contribution in [0.25, 0.3) is 0 Å². The Labute approximate surface area is 130 Å². The molecule has 1 heterocycles. The fourth-order valence-corrected chi connectivity index (χ4v) is 2.72. The van der Waals surface area contributed by atoms with Gasteiger partial charge >= 0.3 is 0 Å². The van der Waals surface area contributed by atoms with Crippen LogP contribution in [-0.4, -0.2) is 28.3 Å². The van der Waals surface area contributed by atoms with Gasteiger partial charge in [-0.1, -0.05) is 12.1 Å². The minimum Gasteiger partial charge on any atom is -0.497 e. The number of anilines is 1. The van der Waals surface area contributed by atoms with Gasteiger partial charge in [-0.2, -0.15) is 0 Å². The zero-order valence-corrected chi connectivity index (χ0v) is 12.9. The summed E-state index contributed by atoms with van der Waals surface area (Å²) in [6, 6.07) is 10.1. The lowest BCUT2D eigenvalue weighted by Gasteiger charge is -2.30. The van der Waals surface area contributed by atoms with Gasteiger partial charge < -0.3 is 15.2 Å². The Morgan fingerprint density at radius 3 is 2.82 bits per heavy atom. The van der Waals surface area contributed by atoms with Crippen molar-refractivity contribution in [2.24, 2.45) is 0 Å². The van der Waals surface area contributed by atoms with Gasteiger partial charge in [0.1, 0.15) is 17.9 Å². The first kappa shape index (κ1) is 14.8. The number of ether oxygens (including phenoxy) is 1.